The van der Waals surface area contributed by atoms with E-state index in [9.17, 15) is 0 Å². The number of nitrogens with zero attached hydrogens (tertiary/aromatic N) is 2. The Morgan fingerprint density at radius 3 is 2.76 bits per heavy atom. The van der Waals surface area contributed by atoms with E-state index in [2.05, 4.69) is 30.8 Å². The van der Waals surface area contributed by atoms with E-state index in [4.69, 9.17) is 14.5 Å². The van der Waals surface area contributed by atoms with E-state index in [1.807, 2.05) is 6.08 Å². The van der Waals surface area contributed by atoms with Gasteiger partial charge in [0.05, 0.1) is 12.1 Å². The smallest absolute Gasteiger partial charge is 0.193 e. The SMILES string of the molecule is C=CCCCN(C)C(=NCC1(OC)CCOCC1)NCC. The molecular weight excluding hydrogens is 266 g/mol. The van der Waals surface area contributed by atoms with Gasteiger partial charge in [-0.1, -0.05) is 6.08 Å². The summed E-state index contributed by atoms with van der Waals surface area (Å²) in [6.45, 7) is 9.90. The number of allylic oxidation sites excluding steroid dienone is 1. The molecule has 122 valence electrons. The second-order valence-corrected chi connectivity index (χ2v) is 5.52. The summed E-state index contributed by atoms with van der Waals surface area (Å²) in [5.41, 5.74) is -0.166. The molecule has 0 bridgehead atoms. The quantitative estimate of drug-likeness (QED) is 0.322. The van der Waals surface area contributed by atoms with E-state index in [1.165, 1.54) is 0 Å². The third-order valence-electron chi connectivity index (χ3n) is 3.95. The molecule has 0 aromatic heterocycles. The first kappa shape index (κ1) is 18.0. The summed E-state index contributed by atoms with van der Waals surface area (Å²) >= 11 is 0. The van der Waals surface area contributed by atoms with Crippen LogP contribution in [-0.2, 0) is 9.47 Å². The van der Waals surface area contributed by atoms with Crippen LogP contribution in [0.15, 0.2) is 17.6 Å². The van der Waals surface area contributed by atoms with Gasteiger partial charge in [-0.3, -0.25) is 4.99 Å². The van der Waals surface area contributed by atoms with Crippen LogP contribution in [0.1, 0.15) is 32.6 Å². The van der Waals surface area contributed by atoms with Crippen LogP contribution in [0.25, 0.3) is 0 Å². The zero-order valence-corrected chi connectivity index (χ0v) is 13.9. The lowest BCUT2D eigenvalue weighted by atomic mass is 9.94. The standard InChI is InChI=1S/C16H31N3O2/c1-5-7-8-11-19(3)15(17-6-2)18-14-16(20-4)9-12-21-13-10-16/h5H,1,6-14H2,2-4H3,(H,17,18). The maximum atomic E-state index is 5.74. The van der Waals surface area contributed by atoms with Crippen molar-refractivity contribution in [2.24, 2.45) is 4.99 Å². The van der Waals surface area contributed by atoms with Crippen molar-refractivity contribution in [3.63, 3.8) is 0 Å². The zero-order valence-electron chi connectivity index (χ0n) is 13.9. The molecule has 0 amide bonds. The molecule has 1 rings (SSSR count). The van der Waals surface area contributed by atoms with Gasteiger partial charge in [-0.25, -0.2) is 0 Å². The van der Waals surface area contributed by atoms with Gasteiger partial charge in [0.2, 0.25) is 0 Å². The van der Waals surface area contributed by atoms with Crippen molar-refractivity contribution in [1.29, 1.82) is 0 Å². The Morgan fingerprint density at radius 2 is 2.19 bits per heavy atom. The summed E-state index contributed by atoms with van der Waals surface area (Å²) in [6.07, 6.45) is 5.90. The first-order valence-corrected chi connectivity index (χ1v) is 7.90. The third-order valence-corrected chi connectivity index (χ3v) is 3.95. The Morgan fingerprint density at radius 1 is 1.48 bits per heavy atom. The molecule has 0 saturated carbocycles. The minimum absolute atomic E-state index is 0.166. The number of aliphatic imine (C=N–C) groups is 1. The first-order chi connectivity index (χ1) is 10.2. The van der Waals surface area contributed by atoms with Crippen molar-refractivity contribution >= 4 is 5.96 Å². The average molecular weight is 297 g/mol. The second-order valence-electron chi connectivity index (χ2n) is 5.52. The minimum Gasteiger partial charge on any atom is -0.381 e. The molecule has 0 aliphatic carbocycles. The topological polar surface area (TPSA) is 46.1 Å². The van der Waals surface area contributed by atoms with E-state index >= 15 is 0 Å². The number of methoxy groups -OCH3 is 1. The van der Waals surface area contributed by atoms with Gasteiger partial charge in [-0.2, -0.15) is 0 Å². The van der Waals surface area contributed by atoms with Crippen molar-refractivity contribution in [1.82, 2.24) is 10.2 Å². The van der Waals surface area contributed by atoms with Crippen LogP contribution in [0.2, 0.25) is 0 Å². The normalized spacial score (nSPS) is 18.3. The maximum Gasteiger partial charge on any atom is 0.193 e. The monoisotopic (exact) mass is 297 g/mol. The van der Waals surface area contributed by atoms with E-state index in [0.29, 0.717) is 6.54 Å². The fraction of sp³-hybridized carbons (Fsp3) is 0.812. The highest BCUT2D eigenvalue weighted by atomic mass is 16.5. The van der Waals surface area contributed by atoms with Crippen LogP contribution in [0.5, 0.6) is 0 Å². The predicted molar refractivity (Wildman–Crippen MR) is 87.8 cm³/mol. The number of hydrogen-bond acceptors (Lipinski definition) is 3. The molecule has 5 nitrogen and oxygen atoms in total. The van der Waals surface area contributed by atoms with E-state index in [-0.39, 0.29) is 5.60 Å². The molecule has 0 atom stereocenters. The molecule has 1 heterocycles. The van der Waals surface area contributed by atoms with Crippen LogP contribution >= 0.6 is 0 Å². The van der Waals surface area contributed by atoms with Gasteiger partial charge in [-0.15, -0.1) is 6.58 Å². The van der Waals surface area contributed by atoms with Crippen molar-refractivity contribution in [3.8, 4) is 0 Å². The predicted octanol–water partition coefficient (Wildman–Crippen LogP) is 2.05. The molecule has 0 unspecified atom stereocenters. The summed E-state index contributed by atoms with van der Waals surface area (Å²) in [5, 5.41) is 3.35. The number of rotatable bonds is 8. The van der Waals surface area contributed by atoms with Crippen LogP contribution in [0.3, 0.4) is 0 Å². The Hall–Kier alpha value is -1.07. The molecule has 5 heteroatoms. The van der Waals surface area contributed by atoms with Gasteiger partial charge >= 0.3 is 0 Å². The molecule has 1 aliphatic heterocycles. The van der Waals surface area contributed by atoms with Crippen LogP contribution in [0, 0.1) is 0 Å². The van der Waals surface area contributed by atoms with E-state index < -0.39 is 0 Å². The lowest BCUT2D eigenvalue weighted by Crippen LogP contribution is -2.44. The van der Waals surface area contributed by atoms with E-state index in [1.54, 1.807) is 7.11 Å². The lowest BCUT2D eigenvalue weighted by Gasteiger charge is -2.35. The van der Waals surface area contributed by atoms with Crippen molar-refractivity contribution in [2.45, 2.75) is 38.2 Å². The molecule has 0 spiro atoms. The number of guanidine groups is 1. The second kappa shape index (κ2) is 9.79. The first-order valence-electron chi connectivity index (χ1n) is 7.90. The number of hydrogen-bond donors (Lipinski definition) is 1. The van der Waals surface area contributed by atoms with Crippen LogP contribution < -0.4 is 5.32 Å². The summed E-state index contributed by atoms with van der Waals surface area (Å²) < 4.78 is 11.2. The summed E-state index contributed by atoms with van der Waals surface area (Å²) in [4.78, 5) is 6.96. The van der Waals surface area contributed by atoms with Gasteiger partial charge in [-0.05, 0) is 19.8 Å². The maximum absolute atomic E-state index is 5.74. The minimum atomic E-state index is -0.166. The van der Waals surface area contributed by atoms with Crippen LogP contribution in [-0.4, -0.2) is 63.5 Å². The summed E-state index contributed by atoms with van der Waals surface area (Å²) in [7, 11) is 3.86. The number of nitrogens with one attached hydrogen (secondary N) is 1. The molecule has 1 saturated heterocycles. The average Bonchev–Trinajstić information content (AvgIpc) is 2.52. The molecule has 1 aliphatic rings. The van der Waals surface area contributed by atoms with Crippen molar-refractivity contribution < 1.29 is 9.47 Å². The lowest BCUT2D eigenvalue weighted by molar-refractivity contribution is -0.0829. The van der Waals surface area contributed by atoms with Gasteiger partial charge in [0.1, 0.15) is 0 Å². The molecular formula is C16H31N3O2. The summed E-state index contributed by atoms with van der Waals surface area (Å²) in [5.74, 6) is 0.949. The highest BCUT2D eigenvalue weighted by molar-refractivity contribution is 5.79. The molecule has 0 radical (unpaired) electrons. The fourth-order valence-corrected chi connectivity index (χ4v) is 2.44. The Labute approximate surface area is 129 Å². The van der Waals surface area contributed by atoms with Gasteiger partial charge < -0.3 is 19.7 Å². The largest absolute Gasteiger partial charge is 0.381 e. The van der Waals surface area contributed by atoms with Gasteiger partial charge in [0.25, 0.3) is 0 Å². The molecule has 1 N–H and O–H groups in total. The Bertz CT molecular complexity index is 325. The Kier molecular flexibility index (Phi) is 8.38. The van der Waals surface area contributed by atoms with Gasteiger partial charge in [0.15, 0.2) is 5.96 Å². The number of ether oxygens (including phenoxy) is 2. The third kappa shape index (κ3) is 6.06. The highest BCUT2D eigenvalue weighted by Crippen LogP contribution is 2.24. The molecule has 1 fully saturated rings. The molecule has 0 aromatic rings. The highest BCUT2D eigenvalue weighted by Gasteiger charge is 2.32. The van der Waals surface area contributed by atoms with E-state index in [0.717, 1.165) is 57.9 Å². The van der Waals surface area contributed by atoms with Gasteiger partial charge in [0, 0.05) is 53.3 Å². The zero-order chi connectivity index (χ0) is 15.6. The molecule has 0 aromatic carbocycles. The van der Waals surface area contributed by atoms with Crippen LogP contribution in [0.4, 0.5) is 0 Å². The van der Waals surface area contributed by atoms with Crippen molar-refractivity contribution in [2.75, 3.05) is 47.0 Å². The fourth-order valence-electron chi connectivity index (χ4n) is 2.44. The molecule has 21 heavy (non-hydrogen) atoms. The number of unbranched alkanes of at least 4 members (excludes halogenated alkanes) is 1. The summed E-state index contributed by atoms with van der Waals surface area (Å²) in [6, 6.07) is 0. The Balaban J connectivity index is 2.62. The van der Waals surface area contributed by atoms with Crippen molar-refractivity contribution in [3.05, 3.63) is 12.7 Å².